The van der Waals surface area contributed by atoms with Crippen molar-refractivity contribution in [2.75, 3.05) is 29.4 Å². The van der Waals surface area contributed by atoms with Crippen LogP contribution in [0, 0.1) is 0 Å². The lowest BCUT2D eigenvalue weighted by atomic mass is 10.0. The molecule has 96 valence electrons. The number of benzene rings is 1. The Balaban J connectivity index is 2.11. The van der Waals surface area contributed by atoms with Crippen LogP contribution in [0.4, 0.5) is 11.4 Å². The first-order valence-corrected chi connectivity index (χ1v) is 6.59. The van der Waals surface area contributed by atoms with Gasteiger partial charge in [0.25, 0.3) is 5.91 Å². The third-order valence-corrected chi connectivity index (χ3v) is 3.73. The predicted molar refractivity (Wildman–Crippen MR) is 73.1 cm³/mol. The number of carbonyl (C=O) groups is 1. The zero-order valence-electron chi connectivity index (χ0n) is 10.9. The summed E-state index contributed by atoms with van der Waals surface area (Å²) >= 11 is 0. The van der Waals surface area contributed by atoms with Crippen molar-refractivity contribution >= 4 is 17.3 Å². The fraction of sp³-hybridized carbons (Fsp3) is 0.500. The van der Waals surface area contributed by atoms with Crippen molar-refractivity contribution in [1.82, 2.24) is 5.32 Å². The highest BCUT2D eigenvalue weighted by Crippen LogP contribution is 2.37. The van der Waals surface area contributed by atoms with Crippen molar-refractivity contribution in [1.29, 1.82) is 0 Å². The summed E-state index contributed by atoms with van der Waals surface area (Å²) in [4.78, 5) is 16.8. The van der Waals surface area contributed by atoms with Gasteiger partial charge in [0, 0.05) is 25.7 Å². The monoisotopic (exact) mass is 245 g/mol. The maximum absolute atomic E-state index is 12.6. The van der Waals surface area contributed by atoms with Crippen LogP contribution in [0.2, 0.25) is 0 Å². The molecule has 0 saturated carbocycles. The van der Waals surface area contributed by atoms with Gasteiger partial charge in [0.1, 0.15) is 6.04 Å². The van der Waals surface area contributed by atoms with E-state index < -0.39 is 0 Å². The van der Waals surface area contributed by atoms with Gasteiger partial charge in [-0.3, -0.25) is 4.79 Å². The molecule has 1 fully saturated rings. The standard InChI is InChI=1S/C14H19N3O/c1-10(2)17-12-6-4-3-5-11(12)16-8-7-15-9-13(16)14(17)18/h3-6,10,13,15H,7-9H2,1-2H3. The van der Waals surface area contributed by atoms with Gasteiger partial charge in [-0.25, -0.2) is 0 Å². The number of anilines is 2. The zero-order valence-corrected chi connectivity index (χ0v) is 10.9. The molecular formula is C14H19N3O. The van der Waals surface area contributed by atoms with E-state index >= 15 is 0 Å². The molecule has 3 rings (SSSR count). The Kier molecular flexibility index (Phi) is 2.74. The van der Waals surface area contributed by atoms with E-state index in [2.05, 4.69) is 30.1 Å². The van der Waals surface area contributed by atoms with Crippen LogP contribution in [-0.4, -0.2) is 37.6 Å². The molecule has 0 spiro atoms. The van der Waals surface area contributed by atoms with Crippen LogP contribution >= 0.6 is 0 Å². The van der Waals surface area contributed by atoms with Crippen molar-refractivity contribution in [2.24, 2.45) is 0 Å². The summed E-state index contributed by atoms with van der Waals surface area (Å²) in [7, 11) is 0. The maximum atomic E-state index is 12.6. The molecule has 1 aromatic rings. The molecule has 4 nitrogen and oxygen atoms in total. The highest BCUT2D eigenvalue weighted by Gasteiger charge is 2.39. The van der Waals surface area contributed by atoms with Crippen LogP contribution < -0.4 is 15.1 Å². The number of rotatable bonds is 1. The third-order valence-electron chi connectivity index (χ3n) is 3.73. The van der Waals surface area contributed by atoms with Crippen molar-refractivity contribution in [2.45, 2.75) is 25.9 Å². The number of hydrogen-bond acceptors (Lipinski definition) is 3. The van der Waals surface area contributed by atoms with Crippen LogP contribution in [0.5, 0.6) is 0 Å². The molecule has 0 radical (unpaired) electrons. The molecule has 0 aromatic heterocycles. The van der Waals surface area contributed by atoms with Gasteiger partial charge in [-0.05, 0) is 26.0 Å². The largest absolute Gasteiger partial charge is 0.355 e. The molecule has 18 heavy (non-hydrogen) atoms. The van der Waals surface area contributed by atoms with Crippen molar-refractivity contribution in [3.63, 3.8) is 0 Å². The highest BCUT2D eigenvalue weighted by atomic mass is 16.2. The van der Waals surface area contributed by atoms with Crippen LogP contribution in [-0.2, 0) is 4.79 Å². The Morgan fingerprint density at radius 3 is 2.72 bits per heavy atom. The summed E-state index contributed by atoms with van der Waals surface area (Å²) in [6.45, 7) is 6.73. The highest BCUT2D eigenvalue weighted by molar-refractivity contribution is 6.06. The molecule has 2 aliphatic rings. The van der Waals surface area contributed by atoms with Crippen LogP contribution in [0.1, 0.15) is 13.8 Å². The lowest BCUT2D eigenvalue weighted by Crippen LogP contribution is -2.62. The minimum absolute atomic E-state index is 0.0453. The number of carbonyl (C=O) groups excluding carboxylic acids is 1. The number of para-hydroxylation sites is 2. The Bertz CT molecular complexity index is 472. The van der Waals surface area contributed by atoms with E-state index in [9.17, 15) is 4.79 Å². The normalized spacial score (nSPS) is 23.1. The number of nitrogens with zero attached hydrogens (tertiary/aromatic N) is 2. The Morgan fingerprint density at radius 2 is 2.00 bits per heavy atom. The molecule has 2 aliphatic heterocycles. The number of hydrogen-bond donors (Lipinski definition) is 1. The van der Waals surface area contributed by atoms with E-state index in [-0.39, 0.29) is 18.0 Å². The van der Waals surface area contributed by atoms with Crippen molar-refractivity contribution in [3.05, 3.63) is 24.3 Å². The van der Waals surface area contributed by atoms with Crippen LogP contribution in [0.15, 0.2) is 24.3 Å². The van der Waals surface area contributed by atoms with Gasteiger partial charge in [0.2, 0.25) is 0 Å². The van der Waals surface area contributed by atoms with E-state index in [4.69, 9.17) is 0 Å². The van der Waals surface area contributed by atoms with E-state index in [0.717, 1.165) is 25.3 Å². The summed E-state index contributed by atoms with van der Waals surface area (Å²) in [5.41, 5.74) is 2.24. The van der Waals surface area contributed by atoms with Crippen molar-refractivity contribution in [3.8, 4) is 0 Å². The molecule has 1 saturated heterocycles. The topological polar surface area (TPSA) is 35.6 Å². The third kappa shape index (κ3) is 1.60. The van der Waals surface area contributed by atoms with E-state index in [1.165, 1.54) is 5.69 Å². The first-order valence-electron chi connectivity index (χ1n) is 6.59. The number of amides is 1. The van der Waals surface area contributed by atoms with Gasteiger partial charge < -0.3 is 15.1 Å². The molecule has 1 atom stereocenters. The average Bonchev–Trinajstić information content (AvgIpc) is 2.39. The van der Waals surface area contributed by atoms with E-state index in [0.29, 0.717) is 0 Å². The number of nitrogens with one attached hydrogen (secondary N) is 1. The summed E-state index contributed by atoms with van der Waals surface area (Å²) in [6, 6.07) is 8.37. The number of piperazine rings is 1. The van der Waals surface area contributed by atoms with Crippen LogP contribution in [0.25, 0.3) is 0 Å². The van der Waals surface area contributed by atoms with E-state index in [1.807, 2.05) is 23.1 Å². The summed E-state index contributed by atoms with van der Waals surface area (Å²) in [5.74, 6) is 0.218. The van der Waals surface area contributed by atoms with Crippen LogP contribution in [0.3, 0.4) is 0 Å². The van der Waals surface area contributed by atoms with Gasteiger partial charge in [-0.2, -0.15) is 0 Å². The predicted octanol–water partition coefficient (Wildman–Crippen LogP) is 1.22. The second-order valence-electron chi connectivity index (χ2n) is 5.20. The minimum atomic E-state index is -0.0453. The summed E-state index contributed by atoms with van der Waals surface area (Å²) < 4.78 is 0. The first kappa shape index (κ1) is 11.5. The molecule has 4 heteroatoms. The van der Waals surface area contributed by atoms with Gasteiger partial charge in [-0.15, -0.1) is 0 Å². The maximum Gasteiger partial charge on any atom is 0.251 e. The molecule has 0 bridgehead atoms. The molecular weight excluding hydrogens is 226 g/mol. The SMILES string of the molecule is CC(C)N1C(=O)C2CNCCN2c2ccccc21. The second-order valence-corrected chi connectivity index (χ2v) is 5.20. The Morgan fingerprint density at radius 1 is 1.28 bits per heavy atom. The molecule has 0 aliphatic carbocycles. The average molecular weight is 245 g/mol. The minimum Gasteiger partial charge on any atom is -0.355 e. The number of fused-ring (bicyclic) bond motifs is 3. The fourth-order valence-corrected chi connectivity index (χ4v) is 2.94. The smallest absolute Gasteiger partial charge is 0.251 e. The quantitative estimate of drug-likeness (QED) is 0.808. The van der Waals surface area contributed by atoms with Gasteiger partial charge in [0.15, 0.2) is 0 Å². The molecule has 1 aromatic carbocycles. The lowest BCUT2D eigenvalue weighted by Gasteiger charge is -2.46. The van der Waals surface area contributed by atoms with E-state index in [1.54, 1.807) is 0 Å². The fourth-order valence-electron chi connectivity index (χ4n) is 2.94. The Labute approximate surface area is 108 Å². The van der Waals surface area contributed by atoms with Crippen molar-refractivity contribution < 1.29 is 4.79 Å². The Hall–Kier alpha value is -1.55. The lowest BCUT2D eigenvalue weighted by molar-refractivity contribution is -0.120. The van der Waals surface area contributed by atoms with Gasteiger partial charge >= 0.3 is 0 Å². The van der Waals surface area contributed by atoms with Gasteiger partial charge in [-0.1, -0.05) is 12.1 Å². The summed E-state index contributed by atoms with van der Waals surface area (Å²) in [5, 5.41) is 3.32. The van der Waals surface area contributed by atoms with Gasteiger partial charge in [0.05, 0.1) is 11.4 Å². The zero-order chi connectivity index (χ0) is 12.7. The molecule has 1 unspecified atom stereocenters. The second kappa shape index (κ2) is 4.28. The summed E-state index contributed by atoms with van der Waals surface area (Å²) in [6.07, 6.45) is 0. The molecule has 1 N–H and O–H groups in total. The molecule has 1 amide bonds. The molecule has 2 heterocycles. The first-order chi connectivity index (χ1) is 8.70.